The molecule has 0 aliphatic carbocycles. The normalized spacial score (nSPS) is 18.9. The highest BCUT2D eigenvalue weighted by molar-refractivity contribution is 5.87. The topological polar surface area (TPSA) is 82.5 Å². The SMILES string of the molecule is CCNC(=O)C1CCN(Cc2cc(C(=O)O)ccn2)C1. The Hall–Kier alpha value is -1.95. The molecule has 1 aromatic heterocycles. The van der Waals surface area contributed by atoms with Gasteiger partial charge in [-0.05, 0) is 32.0 Å². The van der Waals surface area contributed by atoms with E-state index in [2.05, 4.69) is 15.2 Å². The summed E-state index contributed by atoms with van der Waals surface area (Å²) in [5.74, 6) is -0.824. The molecular weight excluding hydrogens is 258 g/mol. The number of carboxylic acids is 1. The summed E-state index contributed by atoms with van der Waals surface area (Å²) < 4.78 is 0. The highest BCUT2D eigenvalue weighted by Gasteiger charge is 2.28. The molecule has 0 aromatic carbocycles. The number of likely N-dealkylation sites (tertiary alicyclic amines) is 1. The van der Waals surface area contributed by atoms with Gasteiger partial charge in [-0.15, -0.1) is 0 Å². The molecule has 1 aliphatic heterocycles. The molecule has 108 valence electrons. The van der Waals surface area contributed by atoms with Crippen molar-refractivity contribution in [2.75, 3.05) is 19.6 Å². The molecule has 6 heteroatoms. The van der Waals surface area contributed by atoms with Crippen molar-refractivity contribution in [1.29, 1.82) is 0 Å². The van der Waals surface area contributed by atoms with E-state index in [0.29, 0.717) is 19.6 Å². The first-order valence-electron chi connectivity index (χ1n) is 6.78. The van der Waals surface area contributed by atoms with E-state index in [1.165, 1.54) is 12.3 Å². The van der Waals surface area contributed by atoms with Crippen LogP contribution in [0.25, 0.3) is 0 Å². The van der Waals surface area contributed by atoms with Crippen LogP contribution in [-0.2, 0) is 11.3 Å². The van der Waals surface area contributed by atoms with Gasteiger partial charge in [0.25, 0.3) is 0 Å². The maximum absolute atomic E-state index is 11.8. The molecule has 1 amide bonds. The first-order chi connectivity index (χ1) is 9.60. The maximum Gasteiger partial charge on any atom is 0.335 e. The number of carbonyl (C=O) groups is 2. The molecule has 2 rings (SSSR count). The Morgan fingerprint density at radius 2 is 2.35 bits per heavy atom. The molecule has 2 heterocycles. The molecule has 1 aromatic rings. The largest absolute Gasteiger partial charge is 0.478 e. The standard InChI is InChI=1S/C14H19N3O3/c1-2-15-13(18)11-4-6-17(8-11)9-12-7-10(14(19)20)3-5-16-12/h3,5,7,11H,2,4,6,8-9H2,1H3,(H,15,18)(H,19,20). The smallest absolute Gasteiger partial charge is 0.335 e. The zero-order valence-corrected chi connectivity index (χ0v) is 11.5. The second kappa shape index (κ2) is 6.47. The van der Waals surface area contributed by atoms with Gasteiger partial charge in [-0.25, -0.2) is 4.79 Å². The van der Waals surface area contributed by atoms with E-state index in [9.17, 15) is 9.59 Å². The molecule has 1 fully saturated rings. The van der Waals surface area contributed by atoms with Crippen LogP contribution in [0.5, 0.6) is 0 Å². The quantitative estimate of drug-likeness (QED) is 0.829. The van der Waals surface area contributed by atoms with Gasteiger partial charge in [0.05, 0.1) is 17.2 Å². The molecule has 1 aliphatic rings. The van der Waals surface area contributed by atoms with Gasteiger partial charge in [0, 0.05) is 25.8 Å². The van der Waals surface area contributed by atoms with Crippen LogP contribution in [0.1, 0.15) is 29.4 Å². The Kier molecular flexibility index (Phi) is 4.68. The van der Waals surface area contributed by atoms with Crippen LogP contribution in [0.4, 0.5) is 0 Å². The predicted molar refractivity (Wildman–Crippen MR) is 73.3 cm³/mol. The van der Waals surface area contributed by atoms with Gasteiger partial charge in [-0.1, -0.05) is 0 Å². The first-order valence-corrected chi connectivity index (χ1v) is 6.78. The maximum atomic E-state index is 11.8. The van der Waals surface area contributed by atoms with Crippen molar-refractivity contribution in [2.24, 2.45) is 5.92 Å². The van der Waals surface area contributed by atoms with E-state index in [4.69, 9.17) is 5.11 Å². The summed E-state index contributed by atoms with van der Waals surface area (Å²) in [5.41, 5.74) is 0.968. The zero-order chi connectivity index (χ0) is 14.5. The molecule has 20 heavy (non-hydrogen) atoms. The number of carbonyl (C=O) groups excluding carboxylic acids is 1. The Bertz CT molecular complexity index is 504. The van der Waals surface area contributed by atoms with Gasteiger partial charge in [0.15, 0.2) is 0 Å². The zero-order valence-electron chi connectivity index (χ0n) is 11.5. The van der Waals surface area contributed by atoms with Gasteiger partial charge in [0.1, 0.15) is 0 Å². The number of rotatable bonds is 5. The number of nitrogens with zero attached hydrogens (tertiary/aromatic N) is 2. The number of amides is 1. The lowest BCUT2D eigenvalue weighted by Crippen LogP contribution is -2.32. The fraction of sp³-hybridized carbons (Fsp3) is 0.500. The Morgan fingerprint density at radius 3 is 3.05 bits per heavy atom. The molecule has 0 radical (unpaired) electrons. The van der Waals surface area contributed by atoms with Gasteiger partial charge in [0.2, 0.25) is 5.91 Å². The summed E-state index contributed by atoms with van der Waals surface area (Å²) in [6.07, 6.45) is 2.35. The van der Waals surface area contributed by atoms with Crippen molar-refractivity contribution in [3.8, 4) is 0 Å². The minimum atomic E-state index is -0.949. The molecule has 0 saturated carbocycles. The molecule has 1 saturated heterocycles. The van der Waals surface area contributed by atoms with Crippen molar-refractivity contribution in [2.45, 2.75) is 19.9 Å². The number of aromatic nitrogens is 1. The minimum Gasteiger partial charge on any atom is -0.478 e. The van der Waals surface area contributed by atoms with Crippen molar-refractivity contribution in [1.82, 2.24) is 15.2 Å². The van der Waals surface area contributed by atoms with Crippen LogP contribution in [0, 0.1) is 5.92 Å². The van der Waals surface area contributed by atoms with E-state index in [-0.39, 0.29) is 17.4 Å². The summed E-state index contributed by atoms with van der Waals surface area (Å²) in [6, 6.07) is 3.06. The summed E-state index contributed by atoms with van der Waals surface area (Å²) in [4.78, 5) is 29.0. The summed E-state index contributed by atoms with van der Waals surface area (Å²) in [7, 11) is 0. The van der Waals surface area contributed by atoms with E-state index in [1.807, 2.05) is 6.92 Å². The molecule has 6 nitrogen and oxygen atoms in total. The third-order valence-electron chi connectivity index (χ3n) is 3.44. The second-order valence-electron chi connectivity index (χ2n) is 4.96. The first kappa shape index (κ1) is 14.5. The van der Waals surface area contributed by atoms with Crippen molar-refractivity contribution >= 4 is 11.9 Å². The molecule has 0 bridgehead atoms. The Labute approximate surface area is 117 Å². The van der Waals surface area contributed by atoms with E-state index < -0.39 is 5.97 Å². The van der Waals surface area contributed by atoms with E-state index in [0.717, 1.165) is 18.7 Å². The van der Waals surface area contributed by atoms with Crippen molar-refractivity contribution in [3.63, 3.8) is 0 Å². The Balaban J connectivity index is 1.93. The lowest BCUT2D eigenvalue weighted by molar-refractivity contribution is -0.124. The average Bonchev–Trinajstić information content (AvgIpc) is 2.88. The second-order valence-corrected chi connectivity index (χ2v) is 4.96. The lowest BCUT2D eigenvalue weighted by Gasteiger charge is -2.15. The van der Waals surface area contributed by atoms with Crippen LogP contribution in [-0.4, -0.2) is 46.5 Å². The van der Waals surface area contributed by atoms with Crippen LogP contribution in [0.3, 0.4) is 0 Å². The number of carboxylic acid groups (broad SMARTS) is 1. The van der Waals surface area contributed by atoms with E-state index in [1.54, 1.807) is 6.07 Å². The highest BCUT2D eigenvalue weighted by atomic mass is 16.4. The molecule has 2 N–H and O–H groups in total. The van der Waals surface area contributed by atoms with Crippen molar-refractivity contribution < 1.29 is 14.7 Å². The average molecular weight is 277 g/mol. The fourth-order valence-electron chi connectivity index (χ4n) is 2.44. The van der Waals surface area contributed by atoms with Gasteiger partial charge < -0.3 is 10.4 Å². The molecule has 1 unspecified atom stereocenters. The van der Waals surface area contributed by atoms with Crippen LogP contribution in [0.15, 0.2) is 18.3 Å². The predicted octanol–water partition coefficient (Wildman–Crippen LogP) is 0.738. The third-order valence-corrected chi connectivity index (χ3v) is 3.44. The monoisotopic (exact) mass is 277 g/mol. The molecule has 0 spiro atoms. The van der Waals surface area contributed by atoms with Crippen molar-refractivity contribution in [3.05, 3.63) is 29.6 Å². The lowest BCUT2D eigenvalue weighted by atomic mass is 10.1. The summed E-state index contributed by atoms with van der Waals surface area (Å²) in [5, 5.41) is 11.8. The molecule has 1 atom stereocenters. The van der Waals surface area contributed by atoms with E-state index >= 15 is 0 Å². The minimum absolute atomic E-state index is 0.0256. The number of hydrogen-bond acceptors (Lipinski definition) is 4. The third kappa shape index (κ3) is 3.54. The van der Waals surface area contributed by atoms with Crippen LogP contribution < -0.4 is 5.32 Å². The number of hydrogen-bond donors (Lipinski definition) is 2. The van der Waals surface area contributed by atoms with Crippen LogP contribution >= 0.6 is 0 Å². The number of pyridine rings is 1. The molecular formula is C14H19N3O3. The highest BCUT2D eigenvalue weighted by Crippen LogP contribution is 2.18. The number of aromatic carboxylic acids is 1. The van der Waals surface area contributed by atoms with Gasteiger partial charge >= 0.3 is 5.97 Å². The van der Waals surface area contributed by atoms with Gasteiger partial charge in [-0.3, -0.25) is 14.7 Å². The fourth-order valence-corrected chi connectivity index (χ4v) is 2.44. The van der Waals surface area contributed by atoms with Gasteiger partial charge in [-0.2, -0.15) is 0 Å². The Morgan fingerprint density at radius 1 is 1.55 bits per heavy atom. The number of nitrogens with one attached hydrogen (secondary N) is 1. The van der Waals surface area contributed by atoms with Crippen LogP contribution in [0.2, 0.25) is 0 Å². The summed E-state index contributed by atoms with van der Waals surface area (Å²) >= 11 is 0. The summed E-state index contributed by atoms with van der Waals surface area (Å²) in [6.45, 7) is 4.67.